The van der Waals surface area contributed by atoms with E-state index < -0.39 is 10.8 Å². The van der Waals surface area contributed by atoms with Gasteiger partial charge in [-0.3, -0.25) is 9.59 Å². The number of carbonyl (C=O) groups excluding carboxylic acids is 2. The van der Waals surface area contributed by atoms with E-state index in [1.807, 2.05) is 39.0 Å². The van der Waals surface area contributed by atoms with E-state index in [4.69, 9.17) is 0 Å². The molecule has 27 heavy (non-hydrogen) atoms. The minimum absolute atomic E-state index is 0.0391. The molecule has 1 heterocycles. The van der Waals surface area contributed by atoms with Gasteiger partial charge in [-0.15, -0.1) is 0 Å². The lowest BCUT2D eigenvalue weighted by molar-refractivity contribution is -0.128. The van der Waals surface area contributed by atoms with E-state index in [0.29, 0.717) is 5.56 Å². The minimum Gasteiger partial charge on any atom is -0.293 e. The van der Waals surface area contributed by atoms with Crippen LogP contribution in [0.2, 0.25) is 0 Å². The molecule has 2 aliphatic carbocycles. The monoisotopic (exact) mass is 359 g/mol. The SMILES string of the molecule is CC1(C)C(=O)C(C#N)=CC2(C)c3nn(C(=O)c4ccccc4)cc3CCC12. The zero-order valence-electron chi connectivity index (χ0n) is 15.7. The number of Topliss-reactive ketones (excluding diaryl/α,β-unsaturated/α-hetero) is 1. The van der Waals surface area contributed by atoms with Crippen molar-refractivity contribution in [1.29, 1.82) is 5.26 Å². The highest BCUT2D eigenvalue weighted by Gasteiger charge is 2.55. The molecule has 0 N–H and O–H groups in total. The molecule has 136 valence electrons. The molecule has 0 aliphatic heterocycles. The van der Waals surface area contributed by atoms with E-state index in [0.717, 1.165) is 24.1 Å². The lowest BCUT2D eigenvalue weighted by atomic mass is 9.52. The smallest absolute Gasteiger partial charge is 0.278 e. The van der Waals surface area contributed by atoms with Crippen LogP contribution in [0.5, 0.6) is 0 Å². The average molecular weight is 359 g/mol. The topological polar surface area (TPSA) is 75.8 Å². The number of fused-ring (bicyclic) bond motifs is 3. The molecule has 0 spiro atoms. The van der Waals surface area contributed by atoms with Crippen LogP contribution in [0.1, 0.15) is 48.8 Å². The average Bonchev–Trinajstić information content (AvgIpc) is 3.10. The molecule has 2 aromatic rings. The van der Waals surface area contributed by atoms with Crippen molar-refractivity contribution in [3.05, 3.63) is 65.0 Å². The number of hydrogen-bond donors (Lipinski definition) is 0. The molecule has 5 nitrogen and oxygen atoms in total. The number of aryl methyl sites for hydroxylation is 1. The number of aromatic nitrogens is 2. The number of ketones is 1. The van der Waals surface area contributed by atoms with Crippen molar-refractivity contribution in [3.8, 4) is 6.07 Å². The van der Waals surface area contributed by atoms with Gasteiger partial charge >= 0.3 is 0 Å². The quantitative estimate of drug-likeness (QED) is 0.781. The molecule has 0 bridgehead atoms. The normalized spacial score (nSPS) is 25.8. The Hall–Kier alpha value is -3.00. The van der Waals surface area contributed by atoms with Crippen molar-refractivity contribution in [1.82, 2.24) is 9.78 Å². The maximum absolute atomic E-state index is 12.8. The first-order chi connectivity index (χ1) is 12.8. The Morgan fingerprint density at radius 2 is 1.96 bits per heavy atom. The molecule has 0 fully saturated rings. The maximum atomic E-state index is 12.8. The van der Waals surface area contributed by atoms with Gasteiger partial charge < -0.3 is 0 Å². The Balaban J connectivity index is 1.84. The molecule has 2 atom stereocenters. The third-order valence-electron chi connectivity index (χ3n) is 6.22. The highest BCUT2D eigenvalue weighted by Crippen LogP contribution is 2.54. The van der Waals surface area contributed by atoms with Crippen LogP contribution in [0.25, 0.3) is 0 Å². The first kappa shape index (κ1) is 17.4. The van der Waals surface area contributed by atoms with Crippen LogP contribution >= 0.6 is 0 Å². The summed E-state index contributed by atoms with van der Waals surface area (Å²) < 4.78 is 1.40. The summed E-state index contributed by atoms with van der Waals surface area (Å²) >= 11 is 0. The van der Waals surface area contributed by atoms with Crippen LogP contribution in [-0.4, -0.2) is 21.5 Å². The summed E-state index contributed by atoms with van der Waals surface area (Å²) in [5.74, 6) is -0.242. The van der Waals surface area contributed by atoms with Crippen LogP contribution < -0.4 is 0 Å². The van der Waals surface area contributed by atoms with Gasteiger partial charge in [-0.25, -0.2) is 4.68 Å². The molecule has 4 rings (SSSR count). The van der Waals surface area contributed by atoms with Crippen LogP contribution in [0.4, 0.5) is 0 Å². The van der Waals surface area contributed by atoms with Crippen molar-refractivity contribution < 1.29 is 9.59 Å². The summed E-state index contributed by atoms with van der Waals surface area (Å²) in [6.07, 6.45) is 5.16. The molecule has 5 heteroatoms. The Morgan fingerprint density at radius 3 is 2.63 bits per heavy atom. The van der Waals surface area contributed by atoms with Gasteiger partial charge in [-0.2, -0.15) is 10.4 Å². The van der Waals surface area contributed by atoms with Crippen molar-refractivity contribution in [2.75, 3.05) is 0 Å². The van der Waals surface area contributed by atoms with Crippen molar-refractivity contribution in [2.45, 2.75) is 39.0 Å². The molecule has 0 saturated heterocycles. The predicted octanol–water partition coefficient (Wildman–Crippen LogP) is 3.45. The number of benzene rings is 1. The fraction of sp³-hybridized carbons (Fsp3) is 0.364. The van der Waals surface area contributed by atoms with Gasteiger partial charge in [0.05, 0.1) is 11.3 Å². The van der Waals surface area contributed by atoms with Crippen LogP contribution in [0.15, 0.2) is 48.2 Å². The van der Waals surface area contributed by atoms with E-state index in [9.17, 15) is 14.9 Å². The van der Waals surface area contributed by atoms with Gasteiger partial charge in [0, 0.05) is 22.6 Å². The molecular formula is C22H21N3O2. The summed E-state index contributed by atoms with van der Waals surface area (Å²) in [7, 11) is 0. The van der Waals surface area contributed by atoms with E-state index in [1.54, 1.807) is 24.4 Å². The Kier molecular flexibility index (Phi) is 3.71. The third kappa shape index (κ3) is 2.40. The van der Waals surface area contributed by atoms with E-state index in [1.165, 1.54) is 4.68 Å². The lowest BCUT2D eigenvalue weighted by Crippen LogP contribution is -2.51. The van der Waals surface area contributed by atoms with Crippen molar-refractivity contribution >= 4 is 11.7 Å². The van der Waals surface area contributed by atoms with Crippen molar-refractivity contribution in [3.63, 3.8) is 0 Å². The van der Waals surface area contributed by atoms with Crippen LogP contribution in [0, 0.1) is 22.7 Å². The summed E-state index contributed by atoms with van der Waals surface area (Å²) in [5, 5.41) is 14.1. The molecule has 1 aromatic heterocycles. The third-order valence-corrected chi connectivity index (χ3v) is 6.22. The predicted molar refractivity (Wildman–Crippen MR) is 100 cm³/mol. The van der Waals surface area contributed by atoms with Gasteiger partial charge in [0.15, 0.2) is 5.78 Å². The van der Waals surface area contributed by atoms with E-state index in [-0.39, 0.29) is 23.2 Å². The second-order valence-electron chi connectivity index (χ2n) is 8.21. The maximum Gasteiger partial charge on any atom is 0.278 e. The van der Waals surface area contributed by atoms with Crippen molar-refractivity contribution in [2.24, 2.45) is 11.3 Å². The Morgan fingerprint density at radius 1 is 1.26 bits per heavy atom. The fourth-order valence-corrected chi connectivity index (χ4v) is 4.86. The molecule has 2 aliphatic rings. The minimum atomic E-state index is -0.639. The number of nitrogens with zero attached hydrogens (tertiary/aromatic N) is 3. The van der Waals surface area contributed by atoms with Gasteiger partial charge in [-0.05, 0) is 36.5 Å². The van der Waals surface area contributed by atoms with E-state index in [2.05, 4.69) is 11.2 Å². The number of hydrogen-bond acceptors (Lipinski definition) is 4. The number of allylic oxidation sites excluding steroid dienone is 2. The molecule has 0 amide bonds. The van der Waals surface area contributed by atoms with Gasteiger partial charge in [0.1, 0.15) is 6.07 Å². The summed E-state index contributed by atoms with van der Waals surface area (Å²) in [6, 6.07) is 11.1. The van der Waals surface area contributed by atoms with Crippen LogP contribution in [-0.2, 0) is 16.6 Å². The zero-order chi connectivity index (χ0) is 19.4. The molecule has 0 radical (unpaired) electrons. The molecule has 2 unspecified atom stereocenters. The Bertz CT molecular complexity index is 1020. The first-order valence-corrected chi connectivity index (χ1v) is 9.15. The fourth-order valence-electron chi connectivity index (χ4n) is 4.86. The number of carbonyl (C=O) groups is 2. The first-order valence-electron chi connectivity index (χ1n) is 9.15. The lowest BCUT2D eigenvalue weighted by Gasteiger charge is -2.49. The highest BCUT2D eigenvalue weighted by atomic mass is 16.2. The van der Waals surface area contributed by atoms with Crippen LogP contribution in [0.3, 0.4) is 0 Å². The highest BCUT2D eigenvalue weighted by molar-refractivity contribution is 6.04. The number of nitriles is 1. The number of rotatable bonds is 1. The van der Waals surface area contributed by atoms with Gasteiger partial charge in [0.2, 0.25) is 0 Å². The zero-order valence-corrected chi connectivity index (χ0v) is 15.7. The molecular weight excluding hydrogens is 338 g/mol. The summed E-state index contributed by atoms with van der Waals surface area (Å²) in [6.45, 7) is 5.87. The summed E-state index contributed by atoms with van der Waals surface area (Å²) in [4.78, 5) is 25.5. The Labute approximate surface area is 158 Å². The second kappa shape index (κ2) is 5.75. The standard InChI is InChI=1S/C22H21N3O2/c1-21(2)17-10-9-15-13-25(20(27)14-7-5-4-6-8-14)24-18(15)22(17,3)11-16(12-23)19(21)26/h4-8,11,13,17H,9-10H2,1-3H3. The molecule has 1 aromatic carbocycles. The van der Waals surface area contributed by atoms with E-state index >= 15 is 0 Å². The van der Waals surface area contributed by atoms with Gasteiger partial charge in [-0.1, -0.05) is 45.0 Å². The molecule has 0 saturated carbocycles. The largest absolute Gasteiger partial charge is 0.293 e. The van der Waals surface area contributed by atoms with Gasteiger partial charge in [0.25, 0.3) is 5.91 Å². The summed E-state index contributed by atoms with van der Waals surface area (Å²) in [5.41, 5.74) is 1.40. The second-order valence-corrected chi connectivity index (χ2v) is 8.21.